The monoisotopic (exact) mass is 265 g/mol. The fourth-order valence-corrected chi connectivity index (χ4v) is 2.35. The number of halogens is 1. The molecule has 1 saturated carbocycles. The lowest BCUT2D eigenvalue weighted by molar-refractivity contribution is 0.285. The van der Waals surface area contributed by atoms with Crippen LogP contribution in [0, 0.1) is 0 Å². The second-order valence-electron chi connectivity index (χ2n) is 4.65. The van der Waals surface area contributed by atoms with Crippen LogP contribution in [0.2, 0.25) is 0 Å². The molecule has 0 atom stereocenters. The normalized spacial score (nSPS) is 17.4. The van der Waals surface area contributed by atoms with Crippen molar-refractivity contribution in [3.8, 4) is 11.4 Å². The summed E-state index contributed by atoms with van der Waals surface area (Å²) in [5, 5.41) is 4.01. The van der Waals surface area contributed by atoms with Gasteiger partial charge in [0.1, 0.15) is 0 Å². The molecule has 4 nitrogen and oxygen atoms in total. The number of aromatic nitrogens is 2. The van der Waals surface area contributed by atoms with E-state index in [0.29, 0.717) is 11.7 Å². The number of nitrogens with zero attached hydrogens (tertiary/aromatic N) is 2. The van der Waals surface area contributed by atoms with Gasteiger partial charge >= 0.3 is 0 Å². The highest BCUT2D eigenvalue weighted by Crippen LogP contribution is 2.35. The Kier molecular flexibility index (Phi) is 3.68. The topological polar surface area (TPSA) is 64.9 Å². The number of hydrogen-bond acceptors (Lipinski definition) is 4. The molecule has 0 saturated heterocycles. The second-order valence-corrected chi connectivity index (χ2v) is 4.65. The van der Waals surface area contributed by atoms with E-state index < -0.39 is 5.54 Å². The zero-order valence-electron chi connectivity index (χ0n) is 10.0. The van der Waals surface area contributed by atoms with Crippen LogP contribution in [0.5, 0.6) is 0 Å². The molecule has 3 rings (SSSR count). The van der Waals surface area contributed by atoms with Crippen LogP contribution in [0.25, 0.3) is 11.4 Å². The van der Waals surface area contributed by atoms with Crippen molar-refractivity contribution >= 4 is 12.4 Å². The van der Waals surface area contributed by atoms with Crippen LogP contribution in [0.4, 0.5) is 0 Å². The summed E-state index contributed by atoms with van der Waals surface area (Å²) in [6.07, 6.45) is 4.14. The maximum atomic E-state index is 6.28. The van der Waals surface area contributed by atoms with Gasteiger partial charge in [-0.05, 0) is 12.8 Å². The summed E-state index contributed by atoms with van der Waals surface area (Å²) >= 11 is 0. The van der Waals surface area contributed by atoms with Gasteiger partial charge in [-0.3, -0.25) is 0 Å². The fraction of sp³-hybridized carbons (Fsp3) is 0.385. The molecule has 2 N–H and O–H groups in total. The number of hydrogen-bond donors (Lipinski definition) is 1. The first-order valence-corrected chi connectivity index (χ1v) is 5.96. The lowest BCUT2D eigenvalue weighted by atomic mass is 9.99. The minimum absolute atomic E-state index is 0. The Hall–Kier alpha value is -1.39. The second kappa shape index (κ2) is 5.08. The van der Waals surface area contributed by atoms with Crippen LogP contribution in [0.15, 0.2) is 34.9 Å². The number of nitrogens with two attached hydrogens (primary N) is 1. The SMILES string of the molecule is Cl.NC1(c2nc(-c3ccccc3)no2)CCCC1. The Bertz CT molecular complexity index is 506. The predicted octanol–water partition coefficient (Wildman–Crippen LogP) is 2.89. The molecule has 2 aromatic rings. The quantitative estimate of drug-likeness (QED) is 0.907. The van der Waals surface area contributed by atoms with Gasteiger partial charge in [0.25, 0.3) is 0 Å². The van der Waals surface area contributed by atoms with Crippen molar-refractivity contribution in [1.29, 1.82) is 0 Å². The van der Waals surface area contributed by atoms with E-state index in [1.165, 1.54) is 0 Å². The molecule has 96 valence electrons. The lowest BCUT2D eigenvalue weighted by Crippen LogP contribution is -2.33. The molecule has 18 heavy (non-hydrogen) atoms. The van der Waals surface area contributed by atoms with E-state index in [9.17, 15) is 0 Å². The third-order valence-corrected chi connectivity index (χ3v) is 3.38. The average molecular weight is 266 g/mol. The van der Waals surface area contributed by atoms with Gasteiger partial charge < -0.3 is 10.3 Å². The van der Waals surface area contributed by atoms with Gasteiger partial charge in [0, 0.05) is 5.56 Å². The molecule has 0 aliphatic heterocycles. The molecule has 0 radical (unpaired) electrons. The number of benzene rings is 1. The molecule has 1 aromatic heterocycles. The smallest absolute Gasteiger partial charge is 0.247 e. The Morgan fingerprint density at radius 1 is 1.11 bits per heavy atom. The van der Waals surface area contributed by atoms with Crippen LogP contribution in [-0.4, -0.2) is 10.1 Å². The van der Waals surface area contributed by atoms with Crippen molar-refractivity contribution in [2.45, 2.75) is 31.2 Å². The molecule has 1 aromatic carbocycles. The minimum atomic E-state index is -0.403. The zero-order chi connectivity index (χ0) is 11.7. The summed E-state index contributed by atoms with van der Waals surface area (Å²) < 4.78 is 5.32. The van der Waals surface area contributed by atoms with E-state index in [-0.39, 0.29) is 12.4 Å². The molecular formula is C13H16ClN3O. The average Bonchev–Trinajstić information content (AvgIpc) is 2.99. The number of rotatable bonds is 2. The maximum absolute atomic E-state index is 6.28. The third kappa shape index (κ3) is 2.26. The summed E-state index contributed by atoms with van der Waals surface area (Å²) in [6, 6.07) is 9.81. The van der Waals surface area contributed by atoms with Crippen molar-refractivity contribution in [2.24, 2.45) is 5.73 Å². The molecule has 1 aliphatic carbocycles. The molecule has 0 unspecified atom stereocenters. The van der Waals surface area contributed by atoms with Crippen LogP contribution in [-0.2, 0) is 5.54 Å². The summed E-state index contributed by atoms with van der Waals surface area (Å²) in [7, 11) is 0. The van der Waals surface area contributed by atoms with Gasteiger partial charge in [-0.25, -0.2) is 0 Å². The van der Waals surface area contributed by atoms with Gasteiger partial charge in [0.15, 0.2) is 0 Å². The highest BCUT2D eigenvalue weighted by atomic mass is 35.5. The molecule has 1 heterocycles. The Morgan fingerprint density at radius 2 is 1.78 bits per heavy atom. The van der Waals surface area contributed by atoms with Crippen molar-refractivity contribution < 1.29 is 4.52 Å². The highest BCUT2D eigenvalue weighted by molar-refractivity contribution is 5.85. The summed E-state index contributed by atoms with van der Waals surface area (Å²) in [5.41, 5.74) is 6.83. The summed E-state index contributed by atoms with van der Waals surface area (Å²) in [4.78, 5) is 4.43. The standard InChI is InChI=1S/C13H15N3O.ClH/c14-13(8-4-5-9-13)12-15-11(16-17-12)10-6-2-1-3-7-10;/h1-3,6-7H,4-5,8-9,14H2;1H. The van der Waals surface area contributed by atoms with E-state index in [1.807, 2.05) is 30.3 Å². The van der Waals surface area contributed by atoms with Crippen molar-refractivity contribution in [3.05, 3.63) is 36.2 Å². The maximum Gasteiger partial charge on any atom is 0.247 e. The largest absolute Gasteiger partial charge is 0.337 e. The van der Waals surface area contributed by atoms with Crippen LogP contribution >= 0.6 is 12.4 Å². The van der Waals surface area contributed by atoms with E-state index in [2.05, 4.69) is 10.1 Å². The molecule has 0 spiro atoms. The molecule has 1 aliphatic rings. The van der Waals surface area contributed by atoms with Crippen molar-refractivity contribution in [3.63, 3.8) is 0 Å². The molecular weight excluding hydrogens is 250 g/mol. The predicted molar refractivity (Wildman–Crippen MR) is 71.3 cm³/mol. The van der Waals surface area contributed by atoms with Crippen molar-refractivity contribution in [1.82, 2.24) is 10.1 Å². The van der Waals surface area contributed by atoms with Crippen LogP contribution in [0.1, 0.15) is 31.6 Å². The summed E-state index contributed by atoms with van der Waals surface area (Å²) in [6.45, 7) is 0. The molecule has 0 bridgehead atoms. The van der Waals surface area contributed by atoms with Gasteiger partial charge in [-0.1, -0.05) is 48.3 Å². The van der Waals surface area contributed by atoms with Gasteiger partial charge in [0.2, 0.25) is 11.7 Å². The third-order valence-electron chi connectivity index (χ3n) is 3.38. The zero-order valence-corrected chi connectivity index (χ0v) is 10.8. The lowest BCUT2D eigenvalue weighted by Gasteiger charge is -2.17. The van der Waals surface area contributed by atoms with Crippen LogP contribution in [0.3, 0.4) is 0 Å². The highest BCUT2D eigenvalue weighted by Gasteiger charge is 2.36. The Labute approximate surface area is 112 Å². The van der Waals surface area contributed by atoms with E-state index >= 15 is 0 Å². The first kappa shape index (κ1) is 13.1. The van der Waals surface area contributed by atoms with Crippen molar-refractivity contribution in [2.75, 3.05) is 0 Å². The fourth-order valence-electron chi connectivity index (χ4n) is 2.35. The molecule has 1 fully saturated rings. The summed E-state index contributed by atoms with van der Waals surface area (Å²) in [5.74, 6) is 1.20. The molecule has 5 heteroatoms. The minimum Gasteiger partial charge on any atom is -0.337 e. The Balaban J connectivity index is 0.00000120. The van der Waals surface area contributed by atoms with Gasteiger partial charge in [-0.2, -0.15) is 4.98 Å². The molecule has 0 amide bonds. The first-order valence-electron chi connectivity index (χ1n) is 5.96. The van der Waals surface area contributed by atoms with Crippen LogP contribution < -0.4 is 5.73 Å². The van der Waals surface area contributed by atoms with E-state index in [4.69, 9.17) is 10.3 Å². The van der Waals surface area contributed by atoms with E-state index in [1.54, 1.807) is 0 Å². The van der Waals surface area contributed by atoms with Gasteiger partial charge in [-0.15, -0.1) is 12.4 Å². The first-order chi connectivity index (χ1) is 8.28. The Morgan fingerprint density at radius 3 is 2.44 bits per heavy atom. The van der Waals surface area contributed by atoms with E-state index in [0.717, 1.165) is 31.2 Å². The van der Waals surface area contributed by atoms with Gasteiger partial charge in [0.05, 0.1) is 5.54 Å².